The lowest BCUT2D eigenvalue weighted by molar-refractivity contribution is -0.126. The third-order valence-corrected chi connectivity index (χ3v) is 4.19. The van der Waals surface area contributed by atoms with Crippen LogP contribution in [0.5, 0.6) is 5.75 Å². The van der Waals surface area contributed by atoms with E-state index in [4.69, 9.17) is 4.74 Å². The van der Waals surface area contributed by atoms with Gasteiger partial charge in [0.1, 0.15) is 11.8 Å². The zero-order valence-electron chi connectivity index (χ0n) is 14.1. The van der Waals surface area contributed by atoms with Crippen LogP contribution >= 0.6 is 11.3 Å². The van der Waals surface area contributed by atoms with Crippen molar-refractivity contribution in [2.45, 2.75) is 26.8 Å². The summed E-state index contributed by atoms with van der Waals surface area (Å²) in [5, 5.41) is 7.81. The van der Waals surface area contributed by atoms with Gasteiger partial charge in [-0.2, -0.15) is 0 Å². The molecule has 2 aromatic rings. The Morgan fingerprint density at radius 1 is 1.21 bits per heavy atom. The SMILES string of the molecule is COc1ccc(-c2csc(NC(=O)C(NC(C)=O)C(C)C)n2)cc1. The first-order valence-electron chi connectivity index (χ1n) is 7.58. The highest BCUT2D eigenvalue weighted by molar-refractivity contribution is 7.14. The second-order valence-corrected chi connectivity index (χ2v) is 6.54. The predicted molar refractivity (Wildman–Crippen MR) is 95.2 cm³/mol. The second kappa shape index (κ2) is 7.92. The number of aromatic nitrogens is 1. The summed E-state index contributed by atoms with van der Waals surface area (Å²) >= 11 is 1.34. The van der Waals surface area contributed by atoms with E-state index in [0.717, 1.165) is 17.0 Å². The molecule has 0 saturated carbocycles. The van der Waals surface area contributed by atoms with Gasteiger partial charge in [0.2, 0.25) is 11.8 Å². The maximum atomic E-state index is 12.3. The fourth-order valence-corrected chi connectivity index (χ4v) is 2.89. The van der Waals surface area contributed by atoms with E-state index in [1.165, 1.54) is 18.3 Å². The van der Waals surface area contributed by atoms with Gasteiger partial charge in [0.25, 0.3) is 0 Å². The van der Waals surface area contributed by atoms with Gasteiger partial charge in [-0.05, 0) is 30.2 Å². The molecule has 1 unspecified atom stereocenters. The number of hydrogen-bond acceptors (Lipinski definition) is 5. The van der Waals surface area contributed by atoms with Crippen molar-refractivity contribution in [2.24, 2.45) is 5.92 Å². The number of ether oxygens (including phenoxy) is 1. The van der Waals surface area contributed by atoms with Gasteiger partial charge in [-0.1, -0.05) is 13.8 Å². The van der Waals surface area contributed by atoms with Crippen LogP contribution in [-0.4, -0.2) is 29.9 Å². The summed E-state index contributed by atoms with van der Waals surface area (Å²) in [5.74, 6) is 0.255. The van der Waals surface area contributed by atoms with Gasteiger partial charge in [0.15, 0.2) is 5.13 Å². The molecule has 2 amide bonds. The first-order chi connectivity index (χ1) is 11.4. The number of thiazole rings is 1. The highest BCUT2D eigenvalue weighted by Gasteiger charge is 2.23. The van der Waals surface area contributed by atoms with Crippen LogP contribution < -0.4 is 15.4 Å². The average molecular weight is 347 g/mol. The lowest BCUT2D eigenvalue weighted by Crippen LogP contribution is -2.46. The minimum absolute atomic E-state index is 0.0186. The molecule has 0 aliphatic rings. The van der Waals surface area contributed by atoms with E-state index in [1.807, 2.05) is 43.5 Å². The van der Waals surface area contributed by atoms with Crippen LogP contribution in [0.2, 0.25) is 0 Å². The van der Waals surface area contributed by atoms with E-state index in [-0.39, 0.29) is 17.7 Å². The van der Waals surface area contributed by atoms with Gasteiger partial charge >= 0.3 is 0 Å². The standard InChI is InChI=1S/C17H21N3O3S/c1-10(2)15(18-11(3)21)16(22)20-17-19-14(9-24-17)12-5-7-13(23-4)8-6-12/h5-10,15H,1-4H3,(H,18,21)(H,19,20,22). The number of carbonyl (C=O) groups is 2. The Labute approximate surface area is 145 Å². The normalized spacial score (nSPS) is 11.9. The molecule has 0 aliphatic heterocycles. The maximum absolute atomic E-state index is 12.3. The van der Waals surface area contributed by atoms with Crippen LogP contribution in [0.25, 0.3) is 11.3 Å². The van der Waals surface area contributed by atoms with Crippen molar-refractivity contribution < 1.29 is 14.3 Å². The summed E-state index contributed by atoms with van der Waals surface area (Å²) in [6.07, 6.45) is 0. The number of benzene rings is 1. The molecule has 1 aromatic heterocycles. The molecule has 0 fully saturated rings. The second-order valence-electron chi connectivity index (χ2n) is 5.68. The minimum Gasteiger partial charge on any atom is -0.497 e. The summed E-state index contributed by atoms with van der Waals surface area (Å²) in [7, 11) is 1.62. The number of hydrogen-bond donors (Lipinski definition) is 2. The molecule has 2 N–H and O–H groups in total. The van der Waals surface area contributed by atoms with Crippen molar-refractivity contribution >= 4 is 28.3 Å². The van der Waals surface area contributed by atoms with Gasteiger partial charge in [-0.25, -0.2) is 4.98 Å². The summed E-state index contributed by atoms with van der Waals surface area (Å²) in [4.78, 5) is 28.0. The van der Waals surface area contributed by atoms with E-state index in [2.05, 4.69) is 15.6 Å². The van der Waals surface area contributed by atoms with Crippen molar-refractivity contribution in [3.05, 3.63) is 29.6 Å². The molecule has 24 heavy (non-hydrogen) atoms. The van der Waals surface area contributed by atoms with Crippen LogP contribution in [0.1, 0.15) is 20.8 Å². The van der Waals surface area contributed by atoms with Crippen LogP contribution in [0, 0.1) is 5.92 Å². The van der Waals surface area contributed by atoms with Crippen molar-refractivity contribution in [3.8, 4) is 17.0 Å². The third kappa shape index (κ3) is 4.55. The molecule has 1 heterocycles. The monoisotopic (exact) mass is 347 g/mol. The molecule has 128 valence electrons. The fourth-order valence-electron chi connectivity index (χ4n) is 2.16. The summed E-state index contributed by atoms with van der Waals surface area (Å²) in [6.45, 7) is 5.16. The number of amides is 2. The highest BCUT2D eigenvalue weighted by Crippen LogP contribution is 2.26. The van der Waals surface area contributed by atoms with Gasteiger partial charge < -0.3 is 15.4 Å². The van der Waals surface area contributed by atoms with Crippen LogP contribution in [0.4, 0.5) is 5.13 Å². The molecule has 0 spiro atoms. The van der Waals surface area contributed by atoms with Crippen LogP contribution in [-0.2, 0) is 9.59 Å². The van der Waals surface area contributed by atoms with Crippen LogP contribution in [0.3, 0.4) is 0 Å². The van der Waals surface area contributed by atoms with Gasteiger partial charge in [0.05, 0.1) is 12.8 Å². The Balaban J connectivity index is 2.09. The Hall–Kier alpha value is -2.41. The zero-order chi connectivity index (χ0) is 17.7. The average Bonchev–Trinajstić information content (AvgIpc) is 3.00. The van der Waals surface area contributed by atoms with E-state index in [1.54, 1.807) is 7.11 Å². The molecule has 0 radical (unpaired) electrons. The number of carbonyl (C=O) groups excluding carboxylic acids is 2. The molecule has 7 heteroatoms. The zero-order valence-corrected chi connectivity index (χ0v) is 14.9. The lowest BCUT2D eigenvalue weighted by Gasteiger charge is -2.20. The molecule has 2 rings (SSSR count). The molecule has 1 aromatic carbocycles. The molecular weight excluding hydrogens is 326 g/mol. The lowest BCUT2D eigenvalue weighted by atomic mass is 10.0. The molecule has 1 atom stereocenters. The van der Waals surface area contributed by atoms with Gasteiger partial charge in [0, 0.05) is 17.9 Å². The van der Waals surface area contributed by atoms with Gasteiger partial charge in [-0.3, -0.25) is 9.59 Å². The molecule has 0 saturated heterocycles. The molecule has 0 bridgehead atoms. The quantitative estimate of drug-likeness (QED) is 0.842. The van der Waals surface area contributed by atoms with E-state index >= 15 is 0 Å². The Kier molecular flexibility index (Phi) is 5.92. The molecule has 0 aliphatic carbocycles. The van der Waals surface area contributed by atoms with E-state index in [9.17, 15) is 9.59 Å². The minimum atomic E-state index is -0.587. The topological polar surface area (TPSA) is 80.3 Å². The number of nitrogens with zero attached hydrogens (tertiary/aromatic N) is 1. The number of anilines is 1. The predicted octanol–water partition coefficient (Wildman–Crippen LogP) is 2.92. The third-order valence-electron chi connectivity index (χ3n) is 3.43. The summed E-state index contributed by atoms with van der Waals surface area (Å²) < 4.78 is 5.13. The number of methoxy groups -OCH3 is 1. The van der Waals surface area contributed by atoms with Crippen molar-refractivity contribution in [3.63, 3.8) is 0 Å². The maximum Gasteiger partial charge on any atom is 0.248 e. The van der Waals surface area contributed by atoms with E-state index in [0.29, 0.717) is 5.13 Å². The summed E-state index contributed by atoms with van der Waals surface area (Å²) in [6, 6.07) is 6.95. The number of rotatable bonds is 6. The largest absolute Gasteiger partial charge is 0.497 e. The summed E-state index contributed by atoms with van der Waals surface area (Å²) in [5.41, 5.74) is 1.72. The highest BCUT2D eigenvalue weighted by atomic mass is 32.1. The Morgan fingerprint density at radius 2 is 1.88 bits per heavy atom. The Bertz CT molecular complexity index is 710. The van der Waals surface area contributed by atoms with Crippen molar-refractivity contribution in [1.82, 2.24) is 10.3 Å². The number of nitrogens with one attached hydrogen (secondary N) is 2. The first kappa shape index (κ1) is 17.9. The Morgan fingerprint density at radius 3 is 2.42 bits per heavy atom. The smallest absolute Gasteiger partial charge is 0.248 e. The van der Waals surface area contributed by atoms with Crippen molar-refractivity contribution in [2.75, 3.05) is 12.4 Å². The van der Waals surface area contributed by atoms with Crippen molar-refractivity contribution in [1.29, 1.82) is 0 Å². The molecular formula is C17H21N3O3S. The molecule has 6 nitrogen and oxygen atoms in total. The first-order valence-corrected chi connectivity index (χ1v) is 8.46. The van der Waals surface area contributed by atoms with E-state index < -0.39 is 6.04 Å². The van der Waals surface area contributed by atoms with Crippen LogP contribution in [0.15, 0.2) is 29.6 Å². The van der Waals surface area contributed by atoms with Gasteiger partial charge in [-0.15, -0.1) is 11.3 Å². The fraction of sp³-hybridized carbons (Fsp3) is 0.353.